The fraction of sp³-hybridized carbons (Fsp3) is 1.00. The van der Waals surface area contributed by atoms with Crippen LogP contribution in [0.5, 0.6) is 0 Å². The van der Waals surface area contributed by atoms with E-state index < -0.39 is 11.9 Å². The third-order valence-electron chi connectivity index (χ3n) is 0.827. The number of halogens is 1. The van der Waals surface area contributed by atoms with E-state index in [1.807, 2.05) is 0 Å². The Kier molecular flexibility index (Phi) is 2.14. The molecule has 1 N–H and O–H groups in total. The Morgan fingerprint density at radius 2 is 1.62 bits per heavy atom. The van der Waals surface area contributed by atoms with Crippen molar-refractivity contribution in [1.82, 2.24) is 0 Å². The van der Waals surface area contributed by atoms with Crippen LogP contribution in [0.15, 0.2) is 0 Å². The minimum Gasteiger partial charge on any atom is -0.333 e. The van der Waals surface area contributed by atoms with Gasteiger partial charge in [0.15, 0.2) is 0 Å². The molecule has 1 atom stereocenters. The highest BCUT2D eigenvalue weighted by Crippen LogP contribution is 2.58. The van der Waals surface area contributed by atoms with E-state index in [0.29, 0.717) is 0 Å². The van der Waals surface area contributed by atoms with Gasteiger partial charge in [0, 0.05) is 0 Å². The van der Waals surface area contributed by atoms with Gasteiger partial charge in [-0.2, -0.15) is 0 Å². The molecule has 0 aliphatic rings. The van der Waals surface area contributed by atoms with E-state index in [1.54, 1.807) is 20.8 Å². The summed E-state index contributed by atoms with van der Waals surface area (Å²) in [5, 5.41) is -0.686. The summed E-state index contributed by atoms with van der Waals surface area (Å²) in [4.78, 5) is 8.68. The van der Waals surface area contributed by atoms with Crippen LogP contribution in [0.3, 0.4) is 0 Å². The predicted octanol–water partition coefficient (Wildman–Crippen LogP) is 2.21. The molecular weight excluding hydrogens is 146 g/mol. The Labute approximate surface area is 54.1 Å². The largest absolute Gasteiger partial charge is 0.333 e. The maximum absolute atomic E-state index is 10.6. The average Bonchev–Trinajstić information content (AvgIpc) is 1.25. The molecular formula is C4H10ClO2P. The monoisotopic (exact) mass is 156 g/mol. The van der Waals surface area contributed by atoms with Crippen molar-refractivity contribution in [3.05, 3.63) is 0 Å². The number of rotatable bonds is 0. The second-order valence-electron chi connectivity index (χ2n) is 2.67. The van der Waals surface area contributed by atoms with E-state index in [-0.39, 0.29) is 0 Å². The van der Waals surface area contributed by atoms with E-state index in [9.17, 15) is 4.57 Å². The van der Waals surface area contributed by atoms with E-state index in [2.05, 4.69) is 0 Å². The van der Waals surface area contributed by atoms with Gasteiger partial charge >= 0.3 is 0 Å². The molecule has 0 aromatic rings. The fourth-order valence-corrected chi connectivity index (χ4v) is 0. The SMILES string of the molecule is CC(C)(C)P(=O)(O)Cl. The molecule has 2 nitrogen and oxygen atoms in total. The van der Waals surface area contributed by atoms with Crippen LogP contribution < -0.4 is 0 Å². The average molecular weight is 157 g/mol. The topological polar surface area (TPSA) is 37.3 Å². The highest BCUT2D eigenvalue weighted by atomic mass is 35.7. The second kappa shape index (κ2) is 2.02. The molecule has 0 aliphatic heterocycles. The van der Waals surface area contributed by atoms with Crippen molar-refractivity contribution in [2.24, 2.45) is 0 Å². The molecule has 0 amide bonds. The first kappa shape index (κ1) is 8.48. The first-order valence-corrected chi connectivity index (χ1v) is 4.84. The van der Waals surface area contributed by atoms with Gasteiger partial charge in [0.25, 0.3) is 6.72 Å². The third kappa shape index (κ3) is 2.17. The molecule has 0 aromatic carbocycles. The molecule has 0 rings (SSSR count). The molecule has 0 radical (unpaired) electrons. The summed E-state index contributed by atoms with van der Waals surface area (Å²) in [5.74, 6) is 0. The molecule has 1 unspecified atom stereocenters. The molecule has 0 bridgehead atoms. The second-order valence-corrected chi connectivity index (χ2v) is 6.39. The number of hydrogen-bond acceptors (Lipinski definition) is 1. The smallest absolute Gasteiger partial charge is 0.292 e. The van der Waals surface area contributed by atoms with Crippen molar-refractivity contribution < 1.29 is 9.46 Å². The molecule has 0 spiro atoms. The summed E-state index contributed by atoms with van der Waals surface area (Å²) in [6.07, 6.45) is 0. The Bertz CT molecular complexity index is 120. The van der Waals surface area contributed by atoms with Gasteiger partial charge in [0.05, 0.1) is 5.16 Å². The summed E-state index contributed by atoms with van der Waals surface area (Å²) < 4.78 is 10.6. The Morgan fingerprint density at radius 1 is 1.50 bits per heavy atom. The van der Waals surface area contributed by atoms with Gasteiger partial charge < -0.3 is 4.89 Å². The molecule has 50 valence electrons. The highest BCUT2D eigenvalue weighted by Gasteiger charge is 2.31. The molecule has 0 saturated carbocycles. The van der Waals surface area contributed by atoms with Crippen LogP contribution in [-0.4, -0.2) is 10.0 Å². The molecule has 0 fully saturated rings. The zero-order valence-corrected chi connectivity index (χ0v) is 6.83. The van der Waals surface area contributed by atoms with Crippen LogP contribution in [-0.2, 0) is 4.57 Å². The van der Waals surface area contributed by atoms with Crippen molar-refractivity contribution in [3.63, 3.8) is 0 Å². The van der Waals surface area contributed by atoms with E-state index in [1.165, 1.54) is 0 Å². The molecule has 4 heteroatoms. The van der Waals surface area contributed by atoms with Crippen molar-refractivity contribution in [3.8, 4) is 0 Å². The van der Waals surface area contributed by atoms with Gasteiger partial charge in [-0.3, -0.25) is 4.57 Å². The minimum absolute atomic E-state index is 0.686. The predicted molar refractivity (Wildman–Crippen MR) is 35.4 cm³/mol. The van der Waals surface area contributed by atoms with E-state index in [4.69, 9.17) is 16.1 Å². The Hall–Kier alpha value is 0.480. The molecule has 0 heterocycles. The first-order chi connectivity index (χ1) is 3.25. The maximum Gasteiger partial charge on any atom is 0.292 e. The van der Waals surface area contributed by atoms with Crippen LogP contribution in [0.4, 0.5) is 0 Å². The third-order valence-corrected chi connectivity index (χ3v) is 4.00. The van der Waals surface area contributed by atoms with Gasteiger partial charge in [-0.05, 0) is 32.0 Å². The van der Waals surface area contributed by atoms with Gasteiger partial charge in [-0.1, -0.05) is 0 Å². The standard InChI is InChI=1S/C4H10ClO2P/c1-4(2,3)8(5,6)7/h1-3H3,(H,6,7). The van der Waals surface area contributed by atoms with Crippen LogP contribution in [0.25, 0.3) is 0 Å². The van der Waals surface area contributed by atoms with Crippen LogP contribution in [0, 0.1) is 0 Å². The molecule has 8 heavy (non-hydrogen) atoms. The minimum atomic E-state index is -3.38. The quantitative estimate of drug-likeness (QED) is 0.546. The van der Waals surface area contributed by atoms with Gasteiger partial charge in [-0.25, -0.2) is 0 Å². The van der Waals surface area contributed by atoms with Crippen molar-refractivity contribution in [2.75, 3.05) is 0 Å². The van der Waals surface area contributed by atoms with Gasteiger partial charge in [0.2, 0.25) is 0 Å². The van der Waals surface area contributed by atoms with E-state index >= 15 is 0 Å². The van der Waals surface area contributed by atoms with Gasteiger partial charge in [0.1, 0.15) is 0 Å². The lowest BCUT2D eigenvalue weighted by Gasteiger charge is -2.18. The van der Waals surface area contributed by atoms with Gasteiger partial charge in [-0.15, -0.1) is 0 Å². The lowest BCUT2D eigenvalue weighted by Crippen LogP contribution is -2.10. The maximum atomic E-state index is 10.6. The lowest BCUT2D eigenvalue weighted by molar-refractivity contribution is 0.464. The zero-order chi connectivity index (χ0) is 7.00. The van der Waals surface area contributed by atoms with E-state index in [0.717, 1.165) is 0 Å². The molecule has 0 aromatic heterocycles. The number of hydrogen-bond donors (Lipinski definition) is 1. The normalized spacial score (nSPS) is 20.1. The Balaban J connectivity index is 4.26. The summed E-state index contributed by atoms with van der Waals surface area (Å²) in [5.41, 5.74) is 0. The highest BCUT2D eigenvalue weighted by molar-refractivity contribution is 7.85. The summed E-state index contributed by atoms with van der Waals surface area (Å²) >= 11 is 5.12. The summed E-state index contributed by atoms with van der Waals surface area (Å²) in [6.45, 7) is 1.50. The summed E-state index contributed by atoms with van der Waals surface area (Å²) in [6, 6.07) is 0. The van der Waals surface area contributed by atoms with Crippen LogP contribution >= 0.6 is 18.0 Å². The van der Waals surface area contributed by atoms with Crippen LogP contribution in [0.1, 0.15) is 20.8 Å². The van der Waals surface area contributed by atoms with Crippen molar-refractivity contribution in [2.45, 2.75) is 25.9 Å². The lowest BCUT2D eigenvalue weighted by atomic mass is 10.3. The van der Waals surface area contributed by atoms with Crippen molar-refractivity contribution in [1.29, 1.82) is 0 Å². The molecule has 0 aliphatic carbocycles. The Morgan fingerprint density at radius 3 is 1.62 bits per heavy atom. The fourth-order valence-electron chi connectivity index (χ4n) is 0. The van der Waals surface area contributed by atoms with Crippen molar-refractivity contribution >= 4 is 18.0 Å². The zero-order valence-electron chi connectivity index (χ0n) is 5.18. The first-order valence-electron chi connectivity index (χ1n) is 2.28. The van der Waals surface area contributed by atoms with Crippen LogP contribution in [0.2, 0.25) is 0 Å². The molecule has 0 saturated heterocycles. The summed E-state index contributed by atoms with van der Waals surface area (Å²) in [7, 11) is 0.